The lowest BCUT2D eigenvalue weighted by Crippen LogP contribution is -2.47. The van der Waals surface area contributed by atoms with Crippen LogP contribution in [0, 0.1) is 27.7 Å². The average Bonchev–Trinajstić information content (AvgIpc) is 2.96. The van der Waals surface area contributed by atoms with Crippen LogP contribution in [-0.2, 0) is 9.48 Å². The number of amides is 1. The van der Waals surface area contributed by atoms with Crippen LogP contribution in [0.15, 0.2) is 17.1 Å². The van der Waals surface area contributed by atoms with E-state index in [4.69, 9.17) is 9.84 Å². The second-order valence-corrected chi connectivity index (χ2v) is 7.31. The normalized spacial score (nSPS) is 27.1. The third-order valence-corrected chi connectivity index (χ3v) is 5.80. The van der Waals surface area contributed by atoms with Crippen LogP contribution in [-0.4, -0.2) is 46.7 Å². The summed E-state index contributed by atoms with van der Waals surface area (Å²) in [6.07, 6.45) is -8.83. The van der Waals surface area contributed by atoms with E-state index in [1.54, 1.807) is 0 Å². The third kappa shape index (κ3) is 3.37. The van der Waals surface area contributed by atoms with E-state index in [0.29, 0.717) is 23.9 Å². The molecule has 28 heavy (non-hydrogen) atoms. The van der Waals surface area contributed by atoms with Gasteiger partial charge in [-0.05, 0) is 0 Å². The number of alkyl halides is 3. The molecule has 0 unspecified atom stereocenters. The number of halogens is 5. The van der Waals surface area contributed by atoms with Crippen LogP contribution < -0.4 is 5.32 Å². The number of fused-ring (bicyclic) bond motifs is 1. The Hall–Kier alpha value is -2.48. The Labute approximate surface area is 156 Å². The quantitative estimate of drug-likeness (QED) is 0.426. The van der Waals surface area contributed by atoms with Gasteiger partial charge in [-0.25, -0.2) is 13.6 Å². The van der Waals surface area contributed by atoms with Crippen molar-refractivity contribution in [3.8, 4) is 0 Å². The van der Waals surface area contributed by atoms with E-state index in [9.17, 15) is 36.9 Å². The number of carboxylic acid groups (broad SMARTS) is 1. The van der Waals surface area contributed by atoms with Crippen LogP contribution in [0.2, 0.25) is 0 Å². The molecule has 0 spiro atoms. The first-order chi connectivity index (χ1) is 13.0. The molecule has 2 aliphatic heterocycles. The average molecular weight is 427 g/mol. The van der Waals surface area contributed by atoms with Crippen LogP contribution in [0.3, 0.4) is 0 Å². The molecule has 0 radical (unpaired) electrons. The molecule has 14 heteroatoms. The number of hydrogen-bond donors (Lipinski definition) is 2. The van der Waals surface area contributed by atoms with Gasteiger partial charge < -0.3 is 9.84 Å². The maximum atomic E-state index is 14.6. The number of rotatable bonds is 2. The monoisotopic (exact) mass is 427 g/mol. The predicted octanol–water partition coefficient (Wildman–Crippen LogP) is 3.02. The van der Waals surface area contributed by atoms with Gasteiger partial charge in [0.05, 0.1) is 22.3 Å². The number of thioether (sulfide) groups is 1. The van der Waals surface area contributed by atoms with Gasteiger partial charge in [-0.15, -0.1) is 0 Å². The van der Waals surface area contributed by atoms with Crippen LogP contribution in [0.1, 0.15) is 5.56 Å². The molecule has 0 aromatic heterocycles. The van der Waals surface area contributed by atoms with Crippen LogP contribution in [0.25, 0.3) is 0 Å². The number of amidine groups is 1. The van der Waals surface area contributed by atoms with Crippen molar-refractivity contribution in [3.05, 3.63) is 39.4 Å². The molecule has 2 aliphatic rings. The van der Waals surface area contributed by atoms with Gasteiger partial charge in [-0.3, -0.25) is 20.4 Å². The van der Waals surface area contributed by atoms with Gasteiger partial charge in [0, 0.05) is 24.1 Å². The maximum absolute atomic E-state index is 14.6. The second-order valence-electron chi connectivity index (χ2n) is 5.99. The van der Waals surface area contributed by atoms with E-state index in [2.05, 4.69) is 4.99 Å². The standard InChI is InChI=1S/C14H10F5N3O5S/c15-8-2-5(22(25)26)1-6(9(8)16)13-4-27-10(14(17,18)19)7(13)3-20-11(28-13)21-12(23)24/h1-2,7,10H,3-4H2,(H,20,21)(H,23,24)/t7-,10-,13+/m0/s1. The molecule has 3 rings (SSSR count). The molecule has 1 fully saturated rings. The number of nitrogens with one attached hydrogen (secondary N) is 1. The van der Waals surface area contributed by atoms with Crippen LogP contribution in [0.4, 0.5) is 32.4 Å². The van der Waals surface area contributed by atoms with Gasteiger partial charge in [0.25, 0.3) is 5.69 Å². The first-order valence-electron chi connectivity index (χ1n) is 7.51. The highest BCUT2D eigenvalue weighted by atomic mass is 32.2. The summed E-state index contributed by atoms with van der Waals surface area (Å²) in [7, 11) is 0. The number of nitrogens with zero attached hydrogens (tertiary/aromatic N) is 2. The molecule has 2 N–H and O–H groups in total. The van der Waals surface area contributed by atoms with E-state index in [1.807, 2.05) is 5.32 Å². The molecular formula is C14H10F5N3O5S. The number of nitro benzene ring substituents is 1. The molecule has 2 heterocycles. The van der Waals surface area contributed by atoms with Gasteiger partial charge in [0.2, 0.25) is 0 Å². The summed E-state index contributed by atoms with van der Waals surface area (Å²) in [5.41, 5.74) is -1.59. The highest BCUT2D eigenvalue weighted by Gasteiger charge is 2.63. The van der Waals surface area contributed by atoms with Gasteiger partial charge in [-0.2, -0.15) is 13.2 Å². The summed E-state index contributed by atoms with van der Waals surface area (Å²) >= 11 is 0.398. The summed E-state index contributed by atoms with van der Waals surface area (Å²) in [5.74, 6) is -4.76. The Balaban J connectivity index is 2.17. The summed E-state index contributed by atoms with van der Waals surface area (Å²) < 4.78 is 71.4. The molecular weight excluding hydrogens is 417 g/mol. The Morgan fingerprint density at radius 1 is 1.43 bits per heavy atom. The Kier molecular flexibility index (Phi) is 4.95. The van der Waals surface area contributed by atoms with Crippen LogP contribution >= 0.6 is 11.8 Å². The van der Waals surface area contributed by atoms with Gasteiger partial charge in [-0.1, -0.05) is 11.8 Å². The highest BCUT2D eigenvalue weighted by molar-refractivity contribution is 8.14. The predicted molar refractivity (Wildman–Crippen MR) is 85.0 cm³/mol. The zero-order valence-electron chi connectivity index (χ0n) is 13.5. The zero-order chi connectivity index (χ0) is 20.9. The molecule has 1 aromatic rings. The minimum atomic E-state index is -4.87. The topological polar surface area (TPSA) is 114 Å². The first kappa shape index (κ1) is 20.3. The number of aliphatic imine (C=N–C) groups is 1. The number of non-ortho nitro benzene ring substituents is 1. The third-order valence-electron chi connectivity index (χ3n) is 4.37. The smallest absolute Gasteiger partial charge is 0.415 e. The fourth-order valence-electron chi connectivity index (χ4n) is 3.22. The maximum Gasteiger partial charge on any atom is 0.415 e. The van der Waals surface area contributed by atoms with Crippen molar-refractivity contribution in [1.82, 2.24) is 5.32 Å². The number of nitro groups is 1. The molecule has 0 bridgehead atoms. The van der Waals surface area contributed by atoms with Crippen molar-refractivity contribution in [2.45, 2.75) is 17.0 Å². The van der Waals surface area contributed by atoms with Crippen molar-refractivity contribution >= 4 is 28.7 Å². The van der Waals surface area contributed by atoms with Gasteiger partial charge >= 0.3 is 12.3 Å². The largest absolute Gasteiger partial charge is 0.465 e. The lowest BCUT2D eigenvalue weighted by Gasteiger charge is -2.37. The van der Waals surface area contributed by atoms with E-state index in [1.165, 1.54) is 0 Å². The van der Waals surface area contributed by atoms with Crippen molar-refractivity contribution < 1.29 is 41.5 Å². The van der Waals surface area contributed by atoms with E-state index >= 15 is 0 Å². The molecule has 1 amide bonds. The minimum absolute atomic E-state index is 0.305. The number of ether oxygens (including phenoxy) is 1. The first-order valence-corrected chi connectivity index (χ1v) is 8.33. The fourth-order valence-corrected chi connectivity index (χ4v) is 4.57. The SMILES string of the molecule is O=C(O)NC1=NC[C@H]2[C@@H](C(F)(F)F)OC[C@]2(c2cc([N+](=O)[O-])cc(F)c2F)S1. The van der Waals surface area contributed by atoms with Crippen molar-refractivity contribution in [3.63, 3.8) is 0 Å². The summed E-state index contributed by atoms with van der Waals surface area (Å²) in [6, 6.07) is 0.934. The fraction of sp³-hybridized carbons (Fsp3) is 0.429. The molecule has 0 saturated carbocycles. The second kappa shape index (κ2) is 6.84. The molecule has 1 saturated heterocycles. The van der Waals surface area contributed by atoms with E-state index < -0.39 is 70.0 Å². The number of hydrogen-bond acceptors (Lipinski definition) is 6. The van der Waals surface area contributed by atoms with Crippen molar-refractivity contribution in [2.24, 2.45) is 10.9 Å². The highest BCUT2D eigenvalue weighted by Crippen LogP contribution is 2.56. The lowest BCUT2D eigenvalue weighted by atomic mass is 9.83. The number of benzene rings is 1. The Morgan fingerprint density at radius 2 is 2.11 bits per heavy atom. The van der Waals surface area contributed by atoms with Crippen LogP contribution in [0.5, 0.6) is 0 Å². The molecule has 1 aromatic carbocycles. The molecule has 0 aliphatic carbocycles. The van der Waals surface area contributed by atoms with Crippen molar-refractivity contribution in [1.29, 1.82) is 0 Å². The molecule has 8 nitrogen and oxygen atoms in total. The van der Waals surface area contributed by atoms with Gasteiger partial charge in [0.15, 0.2) is 22.9 Å². The lowest BCUT2D eigenvalue weighted by molar-refractivity contribution is -0.385. The molecule has 152 valence electrons. The van der Waals surface area contributed by atoms with E-state index in [0.717, 1.165) is 0 Å². The Bertz CT molecular complexity index is 880. The molecule has 3 atom stereocenters. The summed E-state index contributed by atoms with van der Waals surface area (Å²) in [4.78, 5) is 24.5. The zero-order valence-corrected chi connectivity index (χ0v) is 14.3. The Morgan fingerprint density at radius 3 is 2.68 bits per heavy atom. The van der Waals surface area contributed by atoms with Crippen molar-refractivity contribution in [2.75, 3.05) is 13.2 Å². The minimum Gasteiger partial charge on any atom is -0.465 e. The van der Waals surface area contributed by atoms with Gasteiger partial charge in [0.1, 0.15) is 0 Å². The number of carbonyl (C=O) groups is 1. The summed E-state index contributed by atoms with van der Waals surface area (Å²) in [6.45, 7) is -1.40. The van der Waals surface area contributed by atoms with E-state index in [-0.39, 0.29) is 5.17 Å². The summed E-state index contributed by atoms with van der Waals surface area (Å²) in [5, 5.41) is 21.3.